The summed E-state index contributed by atoms with van der Waals surface area (Å²) in [4.78, 5) is 19.4. The zero-order valence-corrected chi connectivity index (χ0v) is 20.9. The lowest BCUT2D eigenvalue weighted by Crippen LogP contribution is -2.53. The van der Waals surface area contributed by atoms with Crippen LogP contribution in [-0.2, 0) is 16.8 Å². The van der Waals surface area contributed by atoms with Crippen molar-refractivity contribution in [1.82, 2.24) is 4.98 Å². The summed E-state index contributed by atoms with van der Waals surface area (Å²) in [7, 11) is 0. The fourth-order valence-electron chi connectivity index (χ4n) is 5.20. The summed E-state index contributed by atoms with van der Waals surface area (Å²) < 4.78 is 20.0. The zero-order valence-electron chi connectivity index (χ0n) is 20.9. The van der Waals surface area contributed by atoms with Gasteiger partial charge in [-0.2, -0.15) is 0 Å². The molecule has 0 spiro atoms. The van der Waals surface area contributed by atoms with Crippen molar-refractivity contribution in [1.29, 1.82) is 0 Å². The number of aliphatic hydroxyl groups excluding tert-OH is 1. The van der Waals surface area contributed by atoms with Crippen LogP contribution in [0, 0.1) is 12.8 Å². The predicted molar refractivity (Wildman–Crippen MR) is 139 cm³/mol. The summed E-state index contributed by atoms with van der Waals surface area (Å²) in [6.45, 7) is 7.15. The van der Waals surface area contributed by atoms with E-state index in [9.17, 15) is 14.3 Å². The number of aromatic nitrogens is 1. The number of ether oxygens (including phenoxy) is 1. The van der Waals surface area contributed by atoms with Crippen LogP contribution in [0.1, 0.15) is 41.0 Å². The Hall–Kier alpha value is -3.29. The number of pyridine rings is 1. The fourth-order valence-corrected chi connectivity index (χ4v) is 5.20. The number of halogens is 1. The molecule has 0 saturated carbocycles. The number of aryl methyl sites for hydroxylation is 1. The third kappa shape index (κ3) is 4.73. The molecule has 2 aliphatic heterocycles. The number of alkyl halides is 1. The van der Waals surface area contributed by atoms with Gasteiger partial charge in [0.25, 0.3) is 5.91 Å². The van der Waals surface area contributed by atoms with Gasteiger partial charge >= 0.3 is 0 Å². The van der Waals surface area contributed by atoms with Gasteiger partial charge in [0.1, 0.15) is 5.67 Å². The second-order valence-corrected chi connectivity index (χ2v) is 10.2. The number of amides is 1. The molecule has 2 atom stereocenters. The topological polar surface area (TPSA) is 74.7 Å². The maximum atomic E-state index is 14.3. The smallest absolute Gasteiger partial charge is 0.255 e. The van der Waals surface area contributed by atoms with Crippen LogP contribution in [0.5, 0.6) is 0 Å². The van der Waals surface area contributed by atoms with E-state index >= 15 is 0 Å². The van der Waals surface area contributed by atoms with Gasteiger partial charge in [-0.3, -0.25) is 9.78 Å². The van der Waals surface area contributed by atoms with Gasteiger partial charge in [0.15, 0.2) is 0 Å². The monoisotopic (exact) mass is 489 g/mol. The average molecular weight is 490 g/mol. The average Bonchev–Trinajstić information content (AvgIpc) is 2.88. The van der Waals surface area contributed by atoms with Crippen LogP contribution < -0.4 is 10.2 Å². The first-order valence-electron chi connectivity index (χ1n) is 12.4. The second-order valence-electron chi connectivity index (χ2n) is 10.2. The molecule has 0 unspecified atom stereocenters. The third-order valence-electron chi connectivity index (χ3n) is 7.26. The van der Waals surface area contributed by atoms with Gasteiger partial charge < -0.3 is 20.1 Å². The standard InChI is InChI=1S/C29H32FN3O3/c1-18-4-7-23(32-28(35)21-8-9-31-27(14-21)29(2,3)30)15-24(18)19-5-6-20-12-22(16-34)26-17-36-11-10-33(26)25(20)13-19/h4-9,13-15,22,26,34H,10-12,16-17H2,1-3H3,(H,32,35)/t22-,26+/m1/s1. The van der Waals surface area contributed by atoms with Gasteiger partial charge in [-0.15, -0.1) is 0 Å². The van der Waals surface area contributed by atoms with E-state index in [0.29, 0.717) is 24.5 Å². The molecule has 6 nitrogen and oxygen atoms in total. The van der Waals surface area contributed by atoms with E-state index in [1.807, 2.05) is 18.2 Å². The number of aliphatic hydroxyl groups is 1. The number of hydrogen-bond acceptors (Lipinski definition) is 5. The number of morpholine rings is 1. The molecule has 1 amide bonds. The number of nitrogens with one attached hydrogen (secondary N) is 1. The Labute approximate surface area is 211 Å². The Kier molecular flexibility index (Phi) is 6.53. The molecule has 0 aliphatic carbocycles. The Morgan fingerprint density at radius 3 is 2.83 bits per heavy atom. The van der Waals surface area contributed by atoms with Crippen LogP contribution in [-0.4, -0.2) is 48.4 Å². The summed E-state index contributed by atoms with van der Waals surface area (Å²) in [5, 5.41) is 12.9. The molecule has 188 valence electrons. The van der Waals surface area contributed by atoms with Crippen LogP contribution in [0.2, 0.25) is 0 Å². The van der Waals surface area contributed by atoms with E-state index in [1.165, 1.54) is 37.4 Å². The van der Waals surface area contributed by atoms with Gasteiger partial charge in [0.2, 0.25) is 0 Å². The van der Waals surface area contributed by atoms with Crippen molar-refractivity contribution in [3.05, 3.63) is 77.1 Å². The second kappa shape index (κ2) is 9.64. The molecular formula is C29H32FN3O3. The van der Waals surface area contributed by atoms with Crippen molar-refractivity contribution in [2.75, 3.05) is 36.6 Å². The molecule has 0 radical (unpaired) electrons. The molecule has 2 aromatic carbocycles. The van der Waals surface area contributed by atoms with E-state index in [4.69, 9.17) is 4.74 Å². The number of fused-ring (bicyclic) bond motifs is 3. The van der Waals surface area contributed by atoms with Crippen LogP contribution in [0.25, 0.3) is 11.1 Å². The summed E-state index contributed by atoms with van der Waals surface area (Å²) in [6, 6.07) is 15.6. The van der Waals surface area contributed by atoms with E-state index in [2.05, 4.69) is 40.3 Å². The molecule has 1 fully saturated rings. The molecule has 36 heavy (non-hydrogen) atoms. The number of anilines is 2. The molecular weight excluding hydrogens is 457 g/mol. The first-order valence-corrected chi connectivity index (χ1v) is 12.4. The SMILES string of the molecule is Cc1ccc(NC(=O)c2ccnc(C(C)(C)F)c2)cc1-c1ccc2c(c1)N1CCOC[C@H]1[C@@H](CO)C2. The summed E-state index contributed by atoms with van der Waals surface area (Å²) in [5.74, 6) is -0.144. The molecule has 2 aliphatic rings. The Morgan fingerprint density at radius 2 is 2.06 bits per heavy atom. The molecule has 5 rings (SSSR count). The van der Waals surface area contributed by atoms with Gasteiger partial charge in [0.05, 0.1) is 24.9 Å². The normalized spacial score (nSPS) is 19.4. The van der Waals surface area contributed by atoms with Gasteiger partial charge in [-0.1, -0.05) is 18.2 Å². The fraction of sp³-hybridized carbons (Fsp3) is 0.379. The molecule has 3 aromatic rings. The minimum Gasteiger partial charge on any atom is -0.396 e. The summed E-state index contributed by atoms with van der Waals surface area (Å²) in [5.41, 5.74) is 5.25. The number of hydrogen-bond donors (Lipinski definition) is 2. The van der Waals surface area contributed by atoms with E-state index < -0.39 is 5.67 Å². The Bertz CT molecular complexity index is 1290. The molecule has 1 saturated heterocycles. The number of carbonyl (C=O) groups excluding carboxylic acids is 1. The first-order chi connectivity index (χ1) is 17.2. The van der Waals surface area contributed by atoms with Crippen molar-refractivity contribution in [2.24, 2.45) is 5.92 Å². The van der Waals surface area contributed by atoms with Gasteiger partial charge in [0, 0.05) is 42.2 Å². The highest BCUT2D eigenvalue weighted by atomic mass is 19.1. The molecule has 1 aromatic heterocycles. The first kappa shape index (κ1) is 24.4. The van der Waals surface area contributed by atoms with Crippen LogP contribution >= 0.6 is 0 Å². The van der Waals surface area contributed by atoms with Crippen molar-refractivity contribution in [3.63, 3.8) is 0 Å². The predicted octanol–water partition coefficient (Wildman–Crippen LogP) is 4.88. The minimum absolute atomic E-state index is 0.147. The molecule has 3 heterocycles. The third-order valence-corrected chi connectivity index (χ3v) is 7.26. The van der Waals surface area contributed by atoms with Crippen molar-refractivity contribution < 1.29 is 19.0 Å². The van der Waals surface area contributed by atoms with Crippen LogP contribution in [0.3, 0.4) is 0 Å². The number of rotatable bonds is 5. The summed E-state index contributed by atoms with van der Waals surface area (Å²) >= 11 is 0. The van der Waals surface area contributed by atoms with Crippen molar-refractivity contribution in [2.45, 2.75) is 38.9 Å². The van der Waals surface area contributed by atoms with Crippen molar-refractivity contribution in [3.8, 4) is 11.1 Å². The molecule has 7 heteroatoms. The lowest BCUT2D eigenvalue weighted by molar-refractivity contribution is 0.0573. The van der Waals surface area contributed by atoms with Gasteiger partial charge in [-0.05, 0) is 79.8 Å². The highest BCUT2D eigenvalue weighted by Crippen LogP contribution is 2.39. The highest BCUT2D eigenvalue weighted by molar-refractivity contribution is 6.04. The Morgan fingerprint density at radius 1 is 1.22 bits per heavy atom. The summed E-state index contributed by atoms with van der Waals surface area (Å²) in [6.07, 6.45) is 2.29. The van der Waals surface area contributed by atoms with E-state index in [1.54, 1.807) is 6.07 Å². The molecule has 0 bridgehead atoms. The largest absolute Gasteiger partial charge is 0.396 e. The van der Waals surface area contributed by atoms with Crippen molar-refractivity contribution >= 4 is 17.3 Å². The van der Waals surface area contributed by atoms with Gasteiger partial charge in [-0.25, -0.2) is 4.39 Å². The maximum Gasteiger partial charge on any atom is 0.255 e. The van der Waals surface area contributed by atoms with Crippen LogP contribution in [0.15, 0.2) is 54.7 Å². The zero-order chi connectivity index (χ0) is 25.4. The number of benzene rings is 2. The molecule has 2 N–H and O–H groups in total. The number of carbonyl (C=O) groups is 1. The van der Waals surface area contributed by atoms with E-state index in [0.717, 1.165) is 29.7 Å². The quantitative estimate of drug-likeness (QED) is 0.534. The highest BCUT2D eigenvalue weighted by Gasteiger charge is 2.36. The van der Waals surface area contributed by atoms with Crippen LogP contribution in [0.4, 0.5) is 15.8 Å². The maximum absolute atomic E-state index is 14.3. The minimum atomic E-state index is -1.63. The lowest BCUT2D eigenvalue weighted by Gasteiger charge is -2.46. The van der Waals surface area contributed by atoms with E-state index in [-0.39, 0.29) is 30.2 Å². The lowest BCUT2D eigenvalue weighted by atomic mass is 9.84. The Balaban J connectivity index is 1.43. The number of nitrogens with zero attached hydrogens (tertiary/aromatic N) is 2.